The lowest BCUT2D eigenvalue weighted by Crippen LogP contribution is -2.21. The normalized spacial score (nSPS) is 10.6. The van der Waals surface area contributed by atoms with E-state index in [0.717, 1.165) is 16.5 Å². The van der Waals surface area contributed by atoms with E-state index < -0.39 is 17.7 Å². The van der Waals surface area contributed by atoms with Crippen molar-refractivity contribution in [1.29, 1.82) is 0 Å². The fourth-order valence-electron chi connectivity index (χ4n) is 3.37. The number of hydrogen-bond donors (Lipinski definition) is 1. The number of aromatic nitrogens is 1. The lowest BCUT2D eigenvalue weighted by molar-refractivity contribution is -0.118. The van der Waals surface area contributed by atoms with E-state index in [2.05, 4.69) is 10.3 Å². The van der Waals surface area contributed by atoms with Crippen molar-refractivity contribution in [3.05, 3.63) is 102 Å². The second-order valence-electron chi connectivity index (χ2n) is 7.19. The molecule has 33 heavy (non-hydrogen) atoms. The third-order valence-electron chi connectivity index (χ3n) is 4.95. The Labute approximate surface area is 190 Å². The smallest absolute Gasteiger partial charge is 0.341 e. The van der Waals surface area contributed by atoms with Crippen LogP contribution < -0.4 is 10.1 Å². The van der Waals surface area contributed by atoms with Gasteiger partial charge in [0.05, 0.1) is 17.8 Å². The zero-order valence-corrected chi connectivity index (χ0v) is 17.7. The number of hydrogen-bond acceptors (Lipinski definition) is 5. The maximum Gasteiger partial charge on any atom is 0.341 e. The Balaban J connectivity index is 1.35. The molecule has 4 aromatic rings. The topological polar surface area (TPSA) is 77.5 Å². The van der Waals surface area contributed by atoms with Crippen molar-refractivity contribution >= 4 is 28.5 Å². The van der Waals surface area contributed by atoms with Crippen molar-refractivity contribution in [2.75, 3.05) is 18.5 Å². The number of carbonyl (C=O) groups is 2. The van der Waals surface area contributed by atoms with Gasteiger partial charge in [-0.2, -0.15) is 0 Å². The number of rotatable bonds is 8. The molecule has 7 heteroatoms. The summed E-state index contributed by atoms with van der Waals surface area (Å²) in [6.45, 7) is -0.212. The first-order valence-electron chi connectivity index (χ1n) is 10.4. The highest BCUT2D eigenvalue weighted by molar-refractivity contribution is 5.94. The number of nitrogens with zero attached hydrogens (tertiary/aromatic N) is 1. The number of nitrogens with one attached hydrogen (secondary N) is 1. The molecule has 0 aliphatic heterocycles. The fourth-order valence-corrected chi connectivity index (χ4v) is 3.37. The van der Waals surface area contributed by atoms with E-state index in [-0.39, 0.29) is 30.2 Å². The predicted octanol–water partition coefficient (Wildman–Crippen LogP) is 4.79. The van der Waals surface area contributed by atoms with Crippen molar-refractivity contribution in [2.24, 2.45) is 0 Å². The number of esters is 1. The lowest BCUT2D eigenvalue weighted by Gasteiger charge is -2.12. The van der Waals surface area contributed by atoms with Crippen LogP contribution in [0.1, 0.15) is 15.9 Å². The molecule has 1 heterocycles. The molecule has 0 unspecified atom stereocenters. The molecule has 3 aromatic carbocycles. The van der Waals surface area contributed by atoms with Gasteiger partial charge in [-0.15, -0.1) is 0 Å². The number of ether oxygens (including phenoxy) is 2. The molecule has 0 saturated heterocycles. The van der Waals surface area contributed by atoms with Crippen LogP contribution in [0.5, 0.6) is 5.75 Å². The lowest BCUT2D eigenvalue weighted by atomic mass is 10.1. The zero-order valence-electron chi connectivity index (χ0n) is 17.7. The van der Waals surface area contributed by atoms with Crippen LogP contribution in [0.4, 0.5) is 10.1 Å². The van der Waals surface area contributed by atoms with Crippen LogP contribution in [0.2, 0.25) is 0 Å². The molecule has 0 aliphatic rings. The molecule has 0 fully saturated rings. The largest absolute Gasteiger partial charge is 0.483 e. The van der Waals surface area contributed by atoms with Crippen molar-refractivity contribution in [2.45, 2.75) is 6.42 Å². The highest BCUT2D eigenvalue weighted by Gasteiger charge is 2.15. The first kappa shape index (κ1) is 22.0. The number of anilines is 1. The van der Waals surface area contributed by atoms with E-state index in [9.17, 15) is 14.0 Å². The van der Waals surface area contributed by atoms with Crippen molar-refractivity contribution in [1.82, 2.24) is 4.98 Å². The molecule has 0 aliphatic carbocycles. The molecule has 1 N–H and O–H groups in total. The van der Waals surface area contributed by atoms with Gasteiger partial charge < -0.3 is 14.8 Å². The van der Waals surface area contributed by atoms with E-state index >= 15 is 0 Å². The van der Waals surface area contributed by atoms with Crippen LogP contribution in [0.15, 0.2) is 85.1 Å². The second kappa shape index (κ2) is 10.4. The number of fused-ring (bicyclic) bond motifs is 1. The van der Waals surface area contributed by atoms with Crippen LogP contribution in [0.3, 0.4) is 0 Å². The van der Waals surface area contributed by atoms with Crippen LogP contribution in [0, 0.1) is 5.82 Å². The second-order valence-corrected chi connectivity index (χ2v) is 7.19. The SMILES string of the molecule is O=C(COc1ccccc1C(=O)OCCc1cccc2ncccc12)Nc1ccccc1F. The first-order valence-corrected chi connectivity index (χ1v) is 10.4. The molecule has 166 valence electrons. The first-order chi connectivity index (χ1) is 16.1. The van der Waals surface area contributed by atoms with Crippen LogP contribution in [-0.4, -0.2) is 30.1 Å². The number of halogens is 1. The fraction of sp³-hybridized carbons (Fsp3) is 0.115. The average molecular weight is 444 g/mol. The summed E-state index contributed by atoms with van der Waals surface area (Å²) in [5.41, 5.74) is 2.18. The van der Waals surface area contributed by atoms with E-state index in [1.807, 2.05) is 30.3 Å². The summed E-state index contributed by atoms with van der Waals surface area (Å²) >= 11 is 0. The molecule has 0 bridgehead atoms. The Morgan fingerprint density at radius 2 is 1.73 bits per heavy atom. The minimum Gasteiger partial charge on any atom is -0.483 e. The molecule has 1 amide bonds. The van der Waals surface area contributed by atoms with Crippen molar-refractivity contribution in [3.8, 4) is 5.75 Å². The minimum atomic E-state index is -0.557. The number of carbonyl (C=O) groups excluding carboxylic acids is 2. The maximum absolute atomic E-state index is 13.7. The summed E-state index contributed by atoms with van der Waals surface area (Å²) < 4.78 is 24.7. The van der Waals surface area contributed by atoms with Gasteiger partial charge >= 0.3 is 5.97 Å². The Kier molecular flexibility index (Phi) is 6.90. The van der Waals surface area contributed by atoms with E-state index in [1.165, 1.54) is 18.2 Å². The standard InChI is InChI=1S/C26H21FN2O4/c27-21-10-2-3-11-23(21)29-25(30)17-33-24-13-4-1-8-20(24)26(31)32-16-14-18-7-5-12-22-19(18)9-6-15-28-22/h1-13,15H,14,16-17H2,(H,29,30). The van der Waals surface area contributed by atoms with Gasteiger partial charge in [-0.3, -0.25) is 9.78 Å². The van der Waals surface area contributed by atoms with Crippen LogP contribution in [-0.2, 0) is 16.0 Å². The van der Waals surface area contributed by atoms with Gasteiger partial charge in [0.15, 0.2) is 6.61 Å². The van der Waals surface area contributed by atoms with Crippen LogP contribution >= 0.6 is 0 Å². The molecule has 1 aromatic heterocycles. The number of amides is 1. The monoisotopic (exact) mass is 444 g/mol. The third kappa shape index (κ3) is 5.51. The quantitative estimate of drug-likeness (QED) is 0.396. The van der Waals surface area contributed by atoms with Gasteiger partial charge in [0.25, 0.3) is 5.91 Å². The Hall–Kier alpha value is -4.26. The number of benzene rings is 3. The Morgan fingerprint density at radius 3 is 2.61 bits per heavy atom. The van der Waals surface area contributed by atoms with Gasteiger partial charge in [0, 0.05) is 18.0 Å². The maximum atomic E-state index is 13.7. The summed E-state index contributed by atoms with van der Waals surface area (Å²) in [6.07, 6.45) is 2.27. The molecule has 0 atom stereocenters. The molecule has 6 nitrogen and oxygen atoms in total. The molecule has 0 saturated carbocycles. The molecule has 0 spiro atoms. The summed E-state index contributed by atoms with van der Waals surface area (Å²) in [6, 6.07) is 22.0. The van der Waals surface area contributed by atoms with Gasteiger partial charge in [0.1, 0.15) is 17.1 Å². The predicted molar refractivity (Wildman–Crippen MR) is 123 cm³/mol. The van der Waals surface area contributed by atoms with E-state index in [4.69, 9.17) is 9.47 Å². The van der Waals surface area contributed by atoms with Gasteiger partial charge in [-0.25, -0.2) is 9.18 Å². The molecular formula is C26H21FN2O4. The Bertz CT molecular complexity index is 1290. The van der Waals surface area contributed by atoms with Gasteiger partial charge in [-0.05, 0) is 42.0 Å². The summed E-state index contributed by atoms with van der Waals surface area (Å²) in [7, 11) is 0. The van der Waals surface area contributed by atoms with E-state index in [1.54, 1.807) is 36.5 Å². The van der Waals surface area contributed by atoms with Crippen LogP contribution in [0.25, 0.3) is 10.9 Å². The molecule has 0 radical (unpaired) electrons. The minimum absolute atomic E-state index is 0.0578. The van der Waals surface area contributed by atoms with Crippen molar-refractivity contribution < 1.29 is 23.5 Å². The number of para-hydroxylation sites is 2. The number of pyridine rings is 1. The molecular weight excluding hydrogens is 423 g/mol. The average Bonchev–Trinajstić information content (AvgIpc) is 2.84. The molecule has 4 rings (SSSR count). The van der Waals surface area contributed by atoms with E-state index in [0.29, 0.717) is 6.42 Å². The zero-order chi connectivity index (χ0) is 23.0. The van der Waals surface area contributed by atoms with Gasteiger partial charge in [-0.1, -0.05) is 42.5 Å². The summed E-state index contributed by atoms with van der Waals surface area (Å²) in [5, 5.41) is 3.45. The third-order valence-corrected chi connectivity index (χ3v) is 4.95. The highest BCUT2D eigenvalue weighted by Crippen LogP contribution is 2.21. The summed E-state index contributed by atoms with van der Waals surface area (Å²) in [5.74, 6) is -1.44. The van der Waals surface area contributed by atoms with Crippen molar-refractivity contribution in [3.63, 3.8) is 0 Å². The highest BCUT2D eigenvalue weighted by atomic mass is 19.1. The van der Waals surface area contributed by atoms with Gasteiger partial charge in [0.2, 0.25) is 0 Å². The summed E-state index contributed by atoms with van der Waals surface area (Å²) in [4.78, 5) is 29.1. The Morgan fingerprint density at radius 1 is 0.909 bits per heavy atom.